The van der Waals surface area contributed by atoms with E-state index >= 15 is 0 Å². The normalized spacial score (nSPS) is 14.1. The topological polar surface area (TPSA) is 52.0 Å². The number of fused-ring (bicyclic) bond motifs is 1. The van der Waals surface area contributed by atoms with E-state index in [1.165, 1.54) is 5.56 Å². The zero-order valence-electron chi connectivity index (χ0n) is 10.1. The van der Waals surface area contributed by atoms with Crippen LogP contribution in [0.3, 0.4) is 0 Å². The van der Waals surface area contributed by atoms with Gasteiger partial charge in [0.15, 0.2) is 0 Å². The van der Waals surface area contributed by atoms with E-state index in [0.717, 1.165) is 16.9 Å². The summed E-state index contributed by atoms with van der Waals surface area (Å²) in [5, 5.41) is 11.7. The van der Waals surface area contributed by atoms with E-state index in [0.29, 0.717) is 12.5 Å². The van der Waals surface area contributed by atoms with Gasteiger partial charge in [0.1, 0.15) is 5.84 Å². The Labute approximate surface area is 106 Å². The fourth-order valence-corrected chi connectivity index (χ4v) is 2.22. The molecule has 0 amide bonds. The molecule has 3 rings (SSSR count). The molecule has 1 aliphatic heterocycles. The first-order valence-electron chi connectivity index (χ1n) is 5.87. The van der Waals surface area contributed by atoms with Crippen LogP contribution in [-0.2, 0) is 0 Å². The second kappa shape index (κ2) is 4.14. The first kappa shape index (κ1) is 10.8. The summed E-state index contributed by atoms with van der Waals surface area (Å²) < 4.78 is 0. The molecule has 0 atom stereocenters. The third-order valence-corrected chi connectivity index (χ3v) is 3.17. The van der Waals surface area contributed by atoms with Crippen molar-refractivity contribution in [1.82, 2.24) is 4.98 Å². The van der Waals surface area contributed by atoms with Crippen molar-refractivity contribution in [1.29, 1.82) is 5.41 Å². The Bertz CT molecular complexity index is 592. The Morgan fingerprint density at radius 1 is 1.28 bits per heavy atom. The average molecular weight is 238 g/mol. The van der Waals surface area contributed by atoms with Gasteiger partial charge in [0, 0.05) is 17.4 Å². The number of benzene rings is 1. The van der Waals surface area contributed by atoms with Gasteiger partial charge in [-0.1, -0.05) is 12.1 Å². The predicted octanol–water partition coefficient (Wildman–Crippen LogP) is 2.60. The largest absolute Gasteiger partial charge is 0.367 e. The Morgan fingerprint density at radius 2 is 2.17 bits per heavy atom. The van der Waals surface area contributed by atoms with E-state index in [9.17, 15) is 0 Å². The number of aromatic nitrogens is 1. The third kappa shape index (κ3) is 1.62. The molecule has 4 heteroatoms. The minimum Gasteiger partial charge on any atom is -0.367 e. The summed E-state index contributed by atoms with van der Waals surface area (Å²) in [7, 11) is 0. The summed E-state index contributed by atoms with van der Waals surface area (Å²) in [6, 6.07) is 9.86. The summed E-state index contributed by atoms with van der Waals surface area (Å²) in [4.78, 5) is 6.01. The molecule has 0 bridgehead atoms. The maximum absolute atomic E-state index is 8.32. The Morgan fingerprint density at radius 3 is 2.94 bits per heavy atom. The lowest BCUT2D eigenvalue weighted by Crippen LogP contribution is -2.40. The number of pyridine rings is 1. The van der Waals surface area contributed by atoms with Gasteiger partial charge in [0.05, 0.1) is 18.6 Å². The minimum atomic E-state index is 0.514. The van der Waals surface area contributed by atoms with Gasteiger partial charge in [-0.3, -0.25) is 10.4 Å². The number of aryl methyl sites for hydroxylation is 1. The molecule has 1 aromatic heterocycles. The van der Waals surface area contributed by atoms with Gasteiger partial charge < -0.3 is 10.2 Å². The highest BCUT2D eigenvalue weighted by Gasteiger charge is 2.22. The average Bonchev–Trinajstić information content (AvgIpc) is 2.41. The molecule has 2 N–H and O–H groups in total. The summed E-state index contributed by atoms with van der Waals surface area (Å²) in [6.07, 6.45) is 3.51. The number of rotatable bonds is 1. The molecular formula is C14H14N4. The zero-order chi connectivity index (χ0) is 12.5. The Kier molecular flexibility index (Phi) is 2.48. The van der Waals surface area contributed by atoms with Crippen molar-refractivity contribution in [3.63, 3.8) is 0 Å². The summed E-state index contributed by atoms with van der Waals surface area (Å²) in [5.41, 5.74) is 4.10. The number of nitrogens with zero attached hydrogens (tertiary/aromatic N) is 2. The van der Waals surface area contributed by atoms with E-state index in [2.05, 4.69) is 23.3 Å². The highest BCUT2D eigenvalue weighted by molar-refractivity contribution is 6.13. The van der Waals surface area contributed by atoms with Crippen molar-refractivity contribution >= 4 is 17.2 Å². The number of para-hydroxylation sites is 1. The van der Waals surface area contributed by atoms with Crippen LogP contribution in [-0.4, -0.2) is 17.5 Å². The van der Waals surface area contributed by atoms with Crippen LogP contribution in [0.25, 0.3) is 0 Å². The standard InChI is InChI=1S/C14H14N4/c1-10-4-2-6-12-13(10)17-9-18(14(12)15)11-5-3-7-16-8-11/h2-8,15,17H,9H2,1H3. The van der Waals surface area contributed by atoms with Crippen molar-refractivity contribution in [3.05, 3.63) is 53.9 Å². The van der Waals surface area contributed by atoms with E-state index in [1.807, 2.05) is 29.2 Å². The van der Waals surface area contributed by atoms with Crippen molar-refractivity contribution in [3.8, 4) is 0 Å². The molecule has 1 aliphatic rings. The molecular weight excluding hydrogens is 224 g/mol. The van der Waals surface area contributed by atoms with Crippen molar-refractivity contribution < 1.29 is 0 Å². The molecule has 0 saturated heterocycles. The molecule has 0 spiro atoms. The molecule has 0 saturated carbocycles. The molecule has 0 aliphatic carbocycles. The van der Waals surface area contributed by atoms with Crippen LogP contribution >= 0.6 is 0 Å². The van der Waals surface area contributed by atoms with Crippen molar-refractivity contribution in [2.75, 3.05) is 16.9 Å². The minimum absolute atomic E-state index is 0.514. The van der Waals surface area contributed by atoms with Crippen LogP contribution in [0.4, 0.5) is 11.4 Å². The lowest BCUT2D eigenvalue weighted by Gasteiger charge is -2.32. The smallest absolute Gasteiger partial charge is 0.136 e. The maximum atomic E-state index is 8.32. The van der Waals surface area contributed by atoms with Crippen LogP contribution in [0.5, 0.6) is 0 Å². The Balaban J connectivity index is 2.03. The quantitative estimate of drug-likeness (QED) is 0.803. The second-order valence-corrected chi connectivity index (χ2v) is 4.32. The number of amidine groups is 1. The monoisotopic (exact) mass is 238 g/mol. The van der Waals surface area contributed by atoms with Gasteiger partial charge in [-0.2, -0.15) is 0 Å². The molecule has 2 heterocycles. The lowest BCUT2D eigenvalue weighted by atomic mass is 10.0. The predicted molar refractivity (Wildman–Crippen MR) is 73.2 cm³/mol. The fraction of sp³-hybridized carbons (Fsp3) is 0.143. The molecule has 1 aromatic carbocycles. The van der Waals surface area contributed by atoms with Gasteiger partial charge in [0.25, 0.3) is 0 Å². The first-order valence-corrected chi connectivity index (χ1v) is 5.87. The van der Waals surface area contributed by atoms with E-state index < -0.39 is 0 Å². The van der Waals surface area contributed by atoms with Crippen LogP contribution in [0, 0.1) is 12.3 Å². The van der Waals surface area contributed by atoms with E-state index in [1.54, 1.807) is 12.4 Å². The van der Waals surface area contributed by atoms with E-state index in [4.69, 9.17) is 5.41 Å². The van der Waals surface area contributed by atoms with Gasteiger partial charge in [-0.15, -0.1) is 0 Å². The molecule has 4 nitrogen and oxygen atoms in total. The van der Waals surface area contributed by atoms with Crippen LogP contribution in [0.2, 0.25) is 0 Å². The summed E-state index contributed by atoms with van der Waals surface area (Å²) in [5.74, 6) is 0.514. The van der Waals surface area contributed by atoms with Crippen LogP contribution < -0.4 is 10.2 Å². The highest BCUT2D eigenvalue weighted by atomic mass is 15.3. The Hall–Kier alpha value is -2.36. The first-order chi connectivity index (χ1) is 8.77. The zero-order valence-corrected chi connectivity index (χ0v) is 10.1. The van der Waals surface area contributed by atoms with Crippen molar-refractivity contribution in [2.24, 2.45) is 0 Å². The number of anilines is 2. The summed E-state index contributed by atoms with van der Waals surface area (Å²) in [6.45, 7) is 2.65. The van der Waals surface area contributed by atoms with Gasteiger partial charge >= 0.3 is 0 Å². The highest BCUT2D eigenvalue weighted by Crippen LogP contribution is 2.28. The molecule has 18 heavy (non-hydrogen) atoms. The van der Waals surface area contributed by atoms with E-state index in [-0.39, 0.29) is 0 Å². The molecule has 0 fully saturated rings. The molecule has 2 aromatic rings. The third-order valence-electron chi connectivity index (χ3n) is 3.17. The van der Waals surface area contributed by atoms with Gasteiger partial charge in [-0.05, 0) is 30.7 Å². The van der Waals surface area contributed by atoms with Gasteiger partial charge in [-0.25, -0.2) is 0 Å². The van der Waals surface area contributed by atoms with Crippen LogP contribution in [0.1, 0.15) is 11.1 Å². The second-order valence-electron chi connectivity index (χ2n) is 4.32. The fourth-order valence-electron chi connectivity index (χ4n) is 2.22. The van der Waals surface area contributed by atoms with Crippen molar-refractivity contribution in [2.45, 2.75) is 6.92 Å². The number of hydrogen-bond donors (Lipinski definition) is 2. The van der Waals surface area contributed by atoms with Gasteiger partial charge in [0.2, 0.25) is 0 Å². The maximum Gasteiger partial charge on any atom is 0.136 e. The lowest BCUT2D eigenvalue weighted by molar-refractivity contribution is 1.02. The molecule has 0 unspecified atom stereocenters. The SMILES string of the molecule is Cc1cccc2c1NCN(c1cccnc1)C2=N. The molecule has 0 radical (unpaired) electrons. The van der Waals surface area contributed by atoms with Crippen LogP contribution in [0.15, 0.2) is 42.7 Å². The molecule has 90 valence electrons. The number of hydrogen-bond acceptors (Lipinski definition) is 3. The summed E-state index contributed by atoms with van der Waals surface area (Å²) >= 11 is 0. The number of nitrogens with one attached hydrogen (secondary N) is 2.